The van der Waals surface area contributed by atoms with Gasteiger partial charge in [0.15, 0.2) is 0 Å². The molecule has 22 heavy (non-hydrogen) atoms. The molecule has 5 heteroatoms. The summed E-state index contributed by atoms with van der Waals surface area (Å²) in [5, 5.41) is 16.6. The predicted octanol–water partition coefficient (Wildman–Crippen LogP) is 3.09. The van der Waals surface area contributed by atoms with Crippen molar-refractivity contribution in [2.75, 3.05) is 0 Å². The van der Waals surface area contributed by atoms with Crippen molar-refractivity contribution in [1.82, 2.24) is 9.78 Å². The topological polar surface area (TPSA) is 55.1 Å². The maximum Gasteiger partial charge on any atom is 0.274 e. The average Bonchev–Trinajstić information content (AvgIpc) is 2.52. The van der Waals surface area contributed by atoms with Gasteiger partial charge in [-0.1, -0.05) is 41.9 Å². The fourth-order valence-electron chi connectivity index (χ4n) is 2.51. The molecule has 0 saturated carbocycles. The zero-order valence-electron chi connectivity index (χ0n) is 12.0. The van der Waals surface area contributed by atoms with Gasteiger partial charge in [0.05, 0.1) is 23.7 Å². The number of aliphatic hydroxyl groups excluding tert-OH is 1. The van der Waals surface area contributed by atoms with Crippen LogP contribution in [0.5, 0.6) is 0 Å². The van der Waals surface area contributed by atoms with Crippen LogP contribution in [0.2, 0.25) is 5.02 Å². The number of fused-ring (bicyclic) bond motifs is 1. The van der Waals surface area contributed by atoms with Gasteiger partial charge in [0, 0.05) is 10.4 Å². The second-order valence-electron chi connectivity index (χ2n) is 5.19. The molecular weight excluding hydrogens is 300 g/mol. The van der Waals surface area contributed by atoms with Crippen molar-refractivity contribution in [3.05, 3.63) is 75.2 Å². The van der Waals surface area contributed by atoms with E-state index < -0.39 is 6.10 Å². The molecule has 0 aliphatic rings. The smallest absolute Gasteiger partial charge is 0.274 e. The van der Waals surface area contributed by atoms with E-state index in [4.69, 9.17) is 11.6 Å². The average molecular weight is 315 g/mol. The zero-order chi connectivity index (χ0) is 15.7. The normalized spacial score (nSPS) is 12.5. The monoisotopic (exact) mass is 314 g/mol. The summed E-state index contributed by atoms with van der Waals surface area (Å²) in [5.74, 6) is 0. The van der Waals surface area contributed by atoms with Crippen LogP contribution in [0.3, 0.4) is 0 Å². The third kappa shape index (κ3) is 2.75. The number of benzene rings is 2. The summed E-state index contributed by atoms with van der Waals surface area (Å²) in [6.07, 6.45) is -0.843. The van der Waals surface area contributed by atoms with E-state index in [1.165, 1.54) is 4.68 Å². The Balaban J connectivity index is 2.01. The van der Waals surface area contributed by atoms with Gasteiger partial charge in [-0.25, -0.2) is 4.68 Å². The van der Waals surface area contributed by atoms with Gasteiger partial charge in [0.2, 0.25) is 0 Å². The molecule has 3 aromatic rings. The van der Waals surface area contributed by atoms with Crippen molar-refractivity contribution < 1.29 is 5.11 Å². The fourth-order valence-corrected chi connectivity index (χ4v) is 2.71. The highest BCUT2D eigenvalue weighted by atomic mass is 35.5. The lowest BCUT2D eigenvalue weighted by atomic mass is 10.1. The van der Waals surface area contributed by atoms with Crippen LogP contribution in [0, 0.1) is 6.92 Å². The quantitative estimate of drug-likeness (QED) is 0.808. The van der Waals surface area contributed by atoms with Crippen molar-refractivity contribution in [3.63, 3.8) is 0 Å². The molecule has 3 rings (SSSR count). The first kappa shape index (κ1) is 14.8. The van der Waals surface area contributed by atoms with Crippen LogP contribution in [-0.2, 0) is 6.54 Å². The molecule has 0 aliphatic carbocycles. The van der Waals surface area contributed by atoms with E-state index in [-0.39, 0.29) is 12.1 Å². The van der Waals surface area contributed by atoms with Gasteiger partial charge >= 0.3 is 0 Å². The van der Waals surface area contributed by atoms with Crippen molar-refractivity contribution >= 4 is 22.4 Å². The Morgan fingerprint density at radius 2 is 1.91 bits per heavy atom. The van der Waals surface area contributed by atoms with Crippen LogP contribution in [0.4, 0.5) is 0 Å². The zero-order valence-corrected chi connectivity index (χ0v) is 12.8. The Hall–Kier alpha value is -2.17. The van der Waals surface area contributed by atoms with Crippen LogP contribution in [0.15, 0.2) is 53.3 Å². The molecule has 1 unspecified atom stereocenters. The largest absolute Gasteiger partial charge is 0.386 e. The molecule has 2 aromatic carbocycles. The summed E-state index contributed by atoms with van der Waals surface area (Å²) in [4.78, 5) is 12.5. The maximum absolute atomic E-state index is 12.5. The molecule has 112 valence electrons. The minimum atomic E-state index is -0.843. The Bertz CT molecular complexity index is 889. The minimum Gasteiger partial charge on any atom is -0.386 e. The summed E-state index contributed by atoms with van der Waals surface area (Å²) in [6.45, 7) is 1.94. The lowest BCUT2D eigenvalue weighted by Gasteiger charge is -2.14. The second-order valence-corrected chi connectivity index (χ2v) is 5.63. The Kier molecular flexibility index (Phi) is 3.96. The van der Waals surface area contributed by atoms with Crippen molar-refractivity contribution in [3.8, 4) is 0 Å². The van der Waals surface area contributed by atoms with Gasteiger partial charge in [0.25, 0.3) is 5.56 Å². The predicted molar refractivity (Wildman–Crippen MR) is 87.2 cm³/mol. The molecule has 1 aromatic heterocycles. The number of nitrogens with zero attached hydrogens (tertiary/aromatic N) is 2. The molecular formula is C17H15ClN2O2. The van der Waals surface area contributed by atoms with Gasteiger partial charge < -0.3 is 5.11 Å². The van der Waals surface area contributed by atoms with Crippen LogP contribution in [0.1, 0.15) is 17.4 Å². The van der Waals surface area contributed by atoms with Crippen molar-refractivity contribution in [2.24, 2.45) is 0 Å². The maximum atomic E-state index is 12.5. The van der Waals surface area contributed by atoms with Crippen molar-refractivity contribution in [1.29, 1.82) is 0 Å². The highest BCUT2D eigenvalue weighted by molar-refractivity contribution is 6.30. The molecule has 1 atom stereocenters. The van der Waals surface area contributed by atoms with E-state index in [9.17, 15) is 9.90 Å². The van der Waals surface area contributed by atoms with Crippen LogP contribution >= 0.6 is 11.6 Å². The number of aryl methyl sites for hydroxylation is 1. The lowest BCUT2D eigenvalue weighted by Crippen LogP contribution is -2.26. The molecule has 0 radical (unpaired) electrons. The summed E-state index contributed by atoms with van der Waals surface area (Å²) >= 11 is 5.93. The fraction of sp³-hybridized carbons (Fsp3) is 0.176. The van der Waals surface area contributed by atoms with E-state index in [2.05, 4.69) is 5.10 Å². The molecule has 0 spiro atoms. The minimum absolute atomic E-state index is 0.0881. The highest BCUT2D eigenvalue weighted by Gasteiger charge is 2.13. The molecule has 0 aliphatic heterocycles. The molecule has 0 saturated heterocycles. The number of hydrogen-bond donors (Lipinski definition) is 1. The number of halogens is 1. The lowest BCUT2D eigenvalue weighted by molar-refractivity contribution is 0.149. The van der Waals surface area contributed by atoms with Crippen LogP contribution in [0.25, 0.3) is 10.8 Å². The summed E-state index contributed by atoms with van der Waals surface area (Å²) in [5.41, 5.74) is 1.21. The SMILES string of the molecule is Cc1nn(CC(O)c2cccc(Cl)c2)c(=O)c2ccccc12. The number of rotatable bonds is 3. The van der Waals surface area contributed by atoms with Gasteiger partial charge in [-0.3, -0.25) is 4.79 Å². The molecule has 0 amide bonds. The summed E-state index contributed by atoms with van der Waals surface area (Å²) in [7, 11) is 0. The van der Waals surface area contributed by atoms with Gasteiger partial charge in [-0.2, -0.15) is 5.10 Å². The van der Waals surface area contributed by atoms with Crippen LogP contribution in [-0.4, -0.2) is 14.9 Å². The van der Waals surface area contributed by atoms with Gasteiger partial charge in [-0.15, -0.1) is 0 Å². The Labute approximate surface area is 132 Å². The number of aromatic nitrogens is 2. The second kappa shape index (κ2) is 5.91. The van der Waals surface area contributed by atoms with E-state index in [0.717, 1.165) is 11.1 Å². The third-order valence-electron chi connectivity index (χ3n) is 3.63. The first-order chi connectivity index (χ1) is 10.6. The number of aliphatic hydroxyl groups is 1. The Morgan fingerprint density at radius 3 is 2.64 bits per heavy atom. The molecule has 1 N–H and O–H groups in total. The van der Waals surface area contributed by atoms with E-state index >= 15 is 0 Å². The summed E-state index contributed by atoms with van der Waals surface area (Å²) < 4.78 is 1.31. The molecule has 0 bridgehead atoms. The summed E-state index contributed by atoms with van der Waals surface area (Å²) in [6, 6.07) is 14.3. The first-order valence-electron chi connectivity index (χ1n) is 6.96. The molecule has 1 heterocycles. The standard InChI is InChI=1S/C17H15ClN2O2/c1-11-14-7-2-3-8-15(14)17(22)20(19-11)10-16(21)12-5-4-6-13(18)9-12/h2-9,16,21H,10H2,1H3. The molecule has 0 fully saturated rings. The van der Waals surface area contributed by atoms with Crippen molar-refractivity contribution in [2.45, 2.75) is 19.6 Å². The van der Waals surface area contributed by atoms with Crippen LogP contribution < -0.4 is 5.56 Å². The first-order valence-corrected chi connectivity index (χ1v) is 7.34. The van der Waals surface area contributed by atoms with E-state index in [0.29, 0.717) is 16.0 Å². The molecule has 4 nitrogen and oxygen atoms in total. The van der Waals surface area contributed by atoms with E-state index in [1.807, 2.05) is 25.1 Å². The highest BCUT2D eigenvalue weighted by Crippen LogP contribution is 2.19. The van der Waals surface area contributed by atoms with Gasteiger partial charge in [0.1, 0.15) is 0 Å². The third-order valence-corrected chi connectivity index (χ3v) is 3.87. The van der Waals surface area contributed by atoms with Gasteiger partial charge in [-0.05, 0) is 30.7 Å². The Morgan fingerprint density at radius 1 is 1.18 bits per heavy atom. The van der Waals surface area contributed by atoms with E-state index in [1.54, 1.807) is 30.3 Å². The number of hydrogen-bond acceptors (Lipinski definition) is 3.